The predicted molar refractivity (Wildman–Crippen MR) is 65.4 cm³/mol. The standard InChI is InChI=1S/C12H10BrF3N2/c13-10(7-11-17-5-6-18-11)8-3-1-2-4-9(8)12(14,15)16/h1-6,10H,7H2,(H,17,18). The summed E-state index contributed by atoms with van der Waals surface area (Å²) in [6.07, 6.45) is -0.749. The number of hydrogen-bond acceptors (Lipinski definition) is 1. The molecule has 0 amide bonds. The molecule has 18 heavy (non-hydrogen) atoms. The first-order valence-corrected chi connectivity index (χ1v) is 6.18. The second-order valence-corrected chi connectivity index (χ2v) is 4.90. The first-order valence-electron chi connectivity index (χ1n) is 5.27. The van der Waals surface area contributed by atoms with Gasteiger partial charge < -0.3 is 4.98 Å². The van der Waals surface area contributed by atoms with E-state index in [4.69, 9.17) is 0 Å². The van der Waals surface area contributed by atoms with Gasteiger partial charge in [0.1, 0.15) is 5.82 Å². The van der Waals surface area contributed by atoms with Crippen molar-refractivity contribution in [1.29, 1.82) is 0 Å². The topological polar surface area (TPSA) is 28.7 Å². The summed E-state index contributed by atoms with van der Waals surface area (Å²) in [5.74, 6) is 0.647. The molecule has 0 aliphatic heterocycles. The molecule has 0 fully saturated rings. The molecule has 1 unspecified atom stereocenters. The number of aromatic nitrogens is 2. The SMILES string of the molecule is FC(F)(F)c1ccccc1C(Br)Cc1ncc[nH]1. The minimum absolute atomic E-state index is 0.224. The number of nitrogens with one attached hydrogen (secondary N) is 1. The molecule has 0 bridgehead atoms. The number of benzene rings is 1. The number of alkyl halides is 4. The van der Waals surface area contributed by atoms with Crippen LogP contribution in [-0.2, 0) is 12.6 Å². The third-order valence-corrected chi connectivity index (χ3v) is 3.35. The third-order valence-electron chi connectivity index (χ3n) is 2.53. The Bertz CT molecular complexity index is 508. The molecule has 2 nitrogen and oxygen atoms in total. The van der Waals surface area contributed by atoms with E-state index in [1.165, 1.54) is 12.1 Å². The van der Waals surface area contributed by atoms with Gasteiger partial charge in [0.2, 0.25) is 0 Å². The number of H-pyrrole nitrogens is 1. The first-order chi connectivity index (χ1) is 8.48. The van der Waals surface area contributed by atoms with E-state index in [1.807, 2.05) is 0 Å². The van der Waals surface area contributed by atoms with E-state index in [0.29, 0.717) is 12.2 Å². The zero-order chi connectivity index (χ0) is 13.2. The van der Waals surface area contributed by atoms with Gasteiger partial charge in [-0.25, -0.2) is 4.98 Å². The number of halogens is 4. The average molecular weight is 319 g/mol. The van der Waals surface area contributed by atoms with Crippen molar-refractivity contribution in [3.05, 3.63) is 53.6 Å². The molecular formula is C12H10BrF3N2. The molecule has 2 rings (SSSR count). The van der Waals surface area contributed by atoms with Gasteiger partial charge in [-0.05, 0) is 11.6 Å². The van der Waals surface area contributed by atoms with Crippen LogP contribution >= 0.6 is 15.9 Å². The Morgan fingerprint density at radius 1 is 1.28 bits per heavy atom. The van der Waals surface area contributed by atoms with E-state index < -0.39 is 16.6 Å². The van der Waals surface area contributed by atoms with Crippen molar-refractivity contribution in [3.8, 4) is 0 Å². The van der Waals surface area contributed by atoms with E-state index >= 15 is 0 Å². The summed E-state index contributed by atoms with van der Waals surface area (Å²) in [6, 6.07) is 5.55. The Balaban J connectivity index is 2.27. The lowest BCUT2D eigenvalue weighted by atomic mass is 10.0. The van der Waals surface area contributed by atoms with Crippen LogP contribution in [0.15, 0.2) is 36.7 Å². The molecule has 1 heterocycles. The lowest BCUT2D eigenvalue weighted by molar-refractivity contribution is -0.138. The maximum atomic E-state index is 12.8. The van der Waals surface area contributed by atoms with Gasteiger partial charge in [-0.2, -0.15) is 13.2 Å². The molecular weight excluding hydrogens is 309 g/mol. The van der Waals surface area contributed by atoms with Crippen LogP contribution in [0.25, 0.3) is 0 Å². The van der Waals surface area contributed by atoms with E-state index in [9.17, 15) is 13.2 Å². The summed E-state index contributed by atoms with van der Waals surface area (Å²) in [5, 5.41) is 0. The summed E-state index contributed by atoms with van der Waals surface area (Å²) in [7, 11) is 0. The molecule has 0 aliphatic carbocycles. The highest BCUT2D eigenvalue weighted by atomic mass is 79.9. The van der Waals surface area contributed by atoms with E-state index in [0.717, 1.165) is 6.07 Å². The molecule has 2 aromatic rings. The van der Waals surface area contributed by atoms with Gasteiger partial charge in [0.15, 0.2) is 0 Å². The van der Waals surface area contributed by atoms with Gasteiger partial charge in [0.05, 0.1) is 5.56 Å². The smallest absolute Gasteiger partial charge is 0.349 e. The third kappa shape index (κ3) is 2.93. The van der Waals surface area contributed by atoms with Crippen molar-refractivity contribution in [2.75, 3.05) is 0 Å². The maximum absolute atomic E-state index is 12.8. The quantitative estimate of drug-likeness (QED) is 0.848. The summed E-state index contributed by atoms with van der Waals surface area (Å²) < 4.78 is 38.5. The van der Waals surface area contributed by atoms with E-state index in [1.54, 1.807) is 18.5 Å². The molecule has 0 aliphatic rings. The van der Waals surface area contributed by atoms with Crippen molar-refractivity contribution < 1.29 is 13.2 Å². The molecule has 6 heteroatoms. The lowest BCUT2D eigenvalue weighted by Gasteiger charge is -2.16. The van der Waals surface area contributed by atoms with Crippen molar-refractivity contribution >= 4 is 15.9 Å². The van der Waals surface area contributed by atoms with Crippen LogP contribution in [0.3, 0.4) is 0 Å². The molecule has 0 saturated carbocycles. The second kappa shape index (κ2) is 5.14. The van der Waals surface area contributed by atoms with Crippen LogP contribution in [-0.4, -0.2) is 9.97 Å². The molecule has 1 aromatic carbocycles. The highest BCUT2D eigenvalue weighted by molar-refractivity contribution is 9.09. The normalized spacial score (nSPS) is 13.6. The lowest BCUT2D eigenvalue weighted by Crippen LogP contribution is -2.11. The Kier molecular flexibility index (Phi) is 3.75. The minimum Gasteiger partial charge on any atom is -0.349 e. The van der Waals surface area contributed by atoms with Crippen molar-refractivity contribution in [3.63, 3.8) is 0 Å². The minimum atomic E-state index is -4.34. The number of rotatable bonds is 3. The molecule has 0 radical (unpaired) electrons. The van der Waals surface area contributed by atoms with Gasteiger partial charge in [-0.1, -0.05) is 34.1 Å². The van der Waals surface area contributed by atoms with Gasteiger partial charge in [-0.15, -0.1) is 0 Å². The Hall–Kier alpha value is -1.30. The van der Waals surface area contributed by atoms with Gasteiger partial charge in [0, 0.05) is 23.6 Å². The monoisotopic (exact) mass is 318 g/mol. The Morgan fingerprint density at radius 3 is 2.61 bits per heavy atom. The fourth-order valence-corrected chi connectivity index (χ4v) is 2.42. The van der Waals surface area contributed by atoms with E-state index in [2.05, 4.69) is 25.9 Å². The summed E-state index contributed by atoms with van der Waals surface area (Å²) in [5.41, 5.74) is -0.389. The second-order valence-electron chi connectivity index (χ2n) is 3.79. The fraction of sp³-hybridized carbons (Fsp3) is 0.250. The van der Waals surface area contributed by atoms with E-state index in [-0.39, 0.29) is 5.56 Å². The predicted octanol–water partition coefficient (Wildman–Crippen LogP) is 4.11. The fourth-order valence-electron chi connectivity index (χ4n) is 1.72. The molecule has 1 N–H and O–H groups in total. The highest BCUT2D eigenvalue weighted by Gasteiger charge is 2.34. The summed E-state index contributed by atoms with van der Waals surface area (Å²) in [6.45, 7) is 0. The van der Waals surface area contributed by atoms with Gasteiger partial charge >= 0.3 is 6.18 Å². The zero-order valence-electron chi connectivity index (χ0n) is 9.21. The number of aromatic amines is 1. The van der Waals surface area contributed by atoms with Crippen molar-refractivity contribution in [1.82, 2.24) is 9.97 Å². The number of imidazole rings is 1. The van der Waals surface area contributed by atoms with Crippen LogP contribution < -0.4 is 0 Å². The largest absolute Gasteiger partial charge is 0.416 e. The molecule has 1 atom stereocenters. The summed E-state index contributed by atoms with van der Waals surface area (Å²) in [4.78, 5) is 6.45. The zero-order valence-corrected chi connectivity index (χ0v) is 10.8. The van der Waals surface area contributed by atoms with Crippen LogP contribution in [0.1, 0.15) is 21.8 Å². The highest BCUT2D eigenvalue weighted by Crippen LogP contribution is 2.38. The van der Waals surface area contributed by atoms with Crippen LogP contribution in [0, 0.1) is 0 Å². The molecule has 0 spiro atoms. The maximum Gasteiger partial charge on any atom is 0.416 e. The Morgan fingerprint density at radius 2 is 2.00 bits per heavy atom. The molecule has 96 valence electrons. The van der Waals surface area contributed by atoms with Crippen LogP contribution in [0.5, 0.6) is 0 Å². The summed E-state index contributed by atoms with van der Waals surface area (Å²) >= 11 is 3.29. The first kappa shape index (κ1) is 13.1. The van der Waals surface area contributed by atoms with Crippen molar-refractivity contribution in [2.24, 2.45) is 0 Å². The molecule has 0 saturated heterocycles. The van der Waals surface area contributed by atoms with Crippen LogP contribution in [0.4, 0.5) is 13.2 Å². The van der Waals surface area contributed by atoms with Crippen molar-refractivity contribution in [2.45, 2.75) is 17.4 Å². The van der Waals surface area contributed by atoms with Gasteiger partial charge in [0.25, 0.3) is 0 Å². The average Bonchev–Trinajstić information content (AvgIpc) is 2.80. The molecule has 1 aromatic heterocycles. The van der Waals surface area contributed by atoms with Gasteiger partial charge in [-0.3, -0.25) is 0 Å². The number of nitrogens with zero attached hydrogens (tertiary/aromatic N) is 1. The number of hydrogen-bond donors (Lipinski definition) is 1. The van der Waals surface area contributed by atoms with Crippen LogP contribution in [0.2, 0.25) is 0 Å². The Labute approximate surface area is 110 Å².